The van der Waals surface area contributed by atoms with Gasteiger partial charge in [0.15, 0.2) is 5.78 Å². The lowest BCUT2D eigenvalue weighted by Gasteiger charge is -2.04. The molecular weight excluding hydrogens is 288 g/mol. The molecule has 0 atom stereocenters. The SMILES string of the molecule is CCCOCCC.Cc1ccc(C(=O)c2ccccc2)c(O)c1. The molecule has 124 valence electrons. The van der Waals surface area contributed by atoms with Crippen LogP contribution in [0.15, 0.2) is 48.5 Å². The fourth-order valence-corrected chi connectivity index (χ4v) is 1.97. The molecule has 0 saturated carbocycles. The summed E-state index contributed by atoms with van der Waals surface area (Å²) in [6.07, 6.45) is 2.28. The molecule has 2 aromatic carbocycles. The van der Waals surface area contributed by atoms with Crippen LogP contribution >= 0.6 is 0 Å². The van der Waals surface area contributed by atoms with Crippen LogP contribution in [0.4, 0.5) is 0 Å². The lowest BCUT2D eigenvalue weighted by molar-refractivity contribution is 0.103. The Kier molecular flexibility index (Phi) is 8.70. The van der Waals surface area contributed by atoms with E-state index in [4.69, 9.17) is 4.74 Å². The molecule has 2 aromatic rings. The lowest BCUT2D eigenvalue weighted by Crippen LogP contribution is -2.01. The maximum atomic E-state index is 12.0. The van der Waals surface area contributed by atoms with E-state index in [0.717, 1.165) is 31.6 Å². The monoisotopic (exact) mass is 314 g/mol. The summed E-state index contributed by atoms with van der Waals surface area (Å²) in [7, 11) is 0. The number of phenolic OH excluding ortho intramolecular Hbond substituents is 1. The third kappa shape index (κ3) is 6.66. The predicted molar refractivity (Wildman–Crippen MR) is 94.1 cm³/mol. The topological polar surface area (TPSA) is 46.5 Å². The average molecular weight is 314 g/mol. The highest BCUT2D eigenvalue weighted by molar-refractivity contribution is 6.10. The molecule has 0 aliphatic rings. The first-order chi connectivity index (χ1) is 11.1. The van der Waals surface area contributed by atoms with Gasteiger partial charge >= 0.3 is 0 Å². The van der Waals surface area contributed by atoms with E-state index < -0.39 is 0 Å². The van der Waals surface area contributed by atoms with Gasteiger partial charge in [-0.15, -0.1) is 0 Å². The number of aromatic hydroxyl groups is 1. The van der Waals surface area contributed by atoms with Crippen LogP contribution in [0.2, 0.25) is 0 Å². The summed E-state index contributed by atoms with van der Waals surface area (Å²) in [5, 5.41) is 9.70. The van der Waals surface area contributed by atoms with Gasteiger partial charge in [0.25, 0.3) is 0 Å². The van der Waals surface area contributed by atoms with Crippen LogP contribution in [0, 0.1) is 6.92 Å². The highest BCUT2D eigenvalue weighted by atomic mass is 16.5. The summed E-state index contributed by atoms with van der Waals surface area (Å²) in [4.78, 5) is 12.0. The quantitative estimate of drug-likeness (QED) is 0.618. The number of ether oxygens (including phenoxy) is 1. The van der Waals surface area contributed by atoms with Crippen LogP contribution in [-0.4, -0.2) is 24.1 Å². The van der Waals surface area contributed by atoms with Crippen molar-refractivity contribution in [1.82, 2.24) is 0 Å². The Morgan fingerprint density at radius 3 is 2.13 bits per heavy atom. The first kappa shape index (κ1) is 18.9. The molecule has 0 aromatic heterocycles. The number of phenols is 1. The van der Waals surface area contributed by atoms with Crippen molar-refractivity contribution in [2.24, 2.45) is 0 Å². The summed E-state index contributed by atoms with van der Waals surface area (Å²) in [5.41, 5.74) is 1.86. The second kappa shape index (κ2) is 10.6. The van der Waals surface area contributed by atoms with Gasteiger partial charge in [-0.1, -0.05) is 50.2 Å². The third-order valence-corrected chi connectivity index (χ3v) is 3.13. The Morgan fingerprint density at radius 1 is 1.00 bits per heavy atom. The van der Waals surface area contributed by atoms with E-state index in [1.54, 1.807) is 36.4 Å². The van der Waals surface area contributed by atoms with Gasteiger partial charge in [-0.25, -0.2) is 0 Å². The van der Waals surface area contributed by atoms with Crippen LogP contribution < -0.4 is 0 Å². The molecule has 1 N–H and O–H groups in total. The first-order valence-electron chi connectivity index (χ1n) is 8.07. The Bertz CT molecular complexity index is 587. The minimum atomic E-state index is -0.155. The minimum absolute atomic E-state index is 0.0360. The van der Waals surface area contributed by atoms with Gasteiger partial charge in [-0.2, -0.15) is 0 Å². The maximum Gasteiger partial charge on any atom is 0.196 e. The molecule has 0 fully saturated rings. The molecule has 2 rings (SSSR count). The van der Waals surface area contributed by atoms with Gasteiger partial charge < -0.3 is 9.84 Å². The molecule has 0 amide bonds. The standard InChI is InChI=1S/C14H12O2.C6H14O/c1-10-7-8-12(13(15)9-10)14(16)11-5-3-2-4-6-11;1-3-5-7-6-4-2/h2-9,15H,1H3;3-6H2,1-2H3. The molecule has 0 spiro atoms. The number of carbonyl (C=O) groups is 1. The van der Waals surface area contributed by atoms with Crippen molar-refractivity contribution >= 4 is 5.78 Å². The van der Waals surface area contributed by atoms with Crippen LogP contribution in [0.25, 0.3) is 0 Å². The number of hydrogen-bond acceptors (Lipinski definition) is 3. The molecule has 0 radical (unpaired) electrons. The molecule has 0 bridgehead atoms. The maximum absolute atomic E-state index is 12.0. The normalized spacial score (nSPS) is 9.87. The minimum Gasteiger partial charge on any atom is -0.507 e. The van der Waals surface area contributed by atoms with E-state index in [0.29, 0.717) is 11.1 Å². The van der Waals surface area contributed by atoms with Crippen LogP contribution in [0.5, 0.6) is 5.75 Å². The Labute approximate surface area is 138 Å². The zero-order valence-electron chi connectivity index (χ0n) is 14.2. The lowest BCUT2D eigenvalue weighted by atomic mass is 10.0. The van der Waals surface area contributed by atoms with Crippen LogP contribution in [-0.2, 0) is 4.74 Å². The van der Waals surface area contributed by atoms with E-state index >= 15 is 0 Å². The van der Waals surface area contributed by atoms with Gasteiger partial charge in [0, 0.05) is 18.8 Å². The van der Waals surface area contributed by atoms with Gasteiger partial charge in [-0.3, -0.25) is 4.79 Å². The smallest absolute Gasteiger partial charge is 0.196 e. The summed E-state index contributed by atoms with van der Waals surface area (Å²) in [6.45, 7) is 7.96. The van der Waals surface area contributed by atoms with E-state index in [-0.39, 0.29) is 11.5 Å². The van der Waals surface area contributed by atoms with Crippen molar-refractivity contribution in [1.29, 1.82) is 0 Å². The number of aryl methyl sites for hydroxylation is 1. The molecule has 3 nitrogen and oxygen atoms in total. The molecule has 0 heterocycles. The second-order valence-corrected chi connectivity index (χ2v) is 5.33. The van der Waals surface area contributed by atoms with Crippen molar-refractivity contribution in [2.75, 3.05) is 13.2 Å². The fourth-order valence-electron chi connectivity index (χ4n) is 1.97. The zero-order chi connectivity index (χ0) is 17.1. The van der Waals surface area contributed by atoms with Crippen molar-refractivity contribution < 1.29 is 14.6 Å². The van der Waals surface area contributed by atoms with E-state index in [1.165, 1.54) is 0 Å². The van der Waals surface area contributed by atoms with Gasteiger partial charge in [-0.05, 0) is 37.5 Å². The molecule has 0 aliphatic heterocycles. The summed E-state index contributed by atoms with van der Waals surface area (Å²) in [5.74, 6) is -0.119. The van der Waals surface area contributed by atoms with E-state index in [9.17, 15) is 9.90 Å². The first-order valence-corrected chi connectivity index (χ1v) is 8.07. The van der Waals surface area contributed by atoms with Gasteiger partial charge in [0.1, 0.15) is 5.75 Å². The highest BCUT2D eigenvalue weighted by Crippen LogP contribution is 2.21. The van der Waals surface area contributed by atoms with Crippen molar-refractivity contribution in [3.05, 3.63) is 65.2 Å². The summed E-state index contributed by atoms with van der Waals surface area (Å²) >= 11 is 0. The number of ketones is 1. The third-order valence-electron chi connectivity index (χ3n) is 3.13. The van der Waals surface area contributed by atoms with Gasteiger partial charge in [0.05, 0.1) is 5.56 Å². The Morgan fingerprint density at radius 2 is 1.61 bits per heavy atom. The number of carbonyl (C=O) groups excluding carboxylic acids is 1. The molecular formula is C20H26O3. The van der Waals surface area contributed by atoms with Gasteiger partial charge in [0.2, 0.25) is 0 Å². The number of hydrogen-bond donors (Lipinski definition) is 1. The van der Waals surface area contributed by atoms with Crippen LogP contribution in [0.3, 0.4) is 0 Å². The summed E-state index contributed by atoms with van der Waals surface area (Å²) in [6, 6.07) is 14.0. The Balaban J connectivity index is 0.000000322. The molecule has 23 heavy (non-hydrogen) atoms. The molecule has 0 unspecified atom stereocenters. The number of rotatable bonds is 6. The van der Waals surface area contributed by atoms with Crippen LogP contribution in [0.1, 0.15) is 48.2 Å². The van der Waals surface area contributed by atoms with Crippen molar-refractivity contribution in [2.45, 2.75) is 33.6 Å². The van der Waals surface area contributed by atoms with Crippen molar-refractivity contribution in [3.63, 3.8) is 0 Å². The van der Waals surface area contributed by atoms with Crippen molar-refractivity contribution in [3.8, 4) is 5.75 Å². The highest BCUT2D eigenvalue weighted by Gasteiger charge is 2.12. The molecule has 0 aliphatic carbocycles. The largest absolute Gasteiger partial charge is 0.507 e. The number of benzene rings is 2. The second-order valence-electron chi connectivity index (χ2n) is 5.33. The zero-order valence-corrected chi connectivity index (χ0v) is 14.2. The summed E-state index contributed by atoms with van der Waals surface area (Å²) < 4.78 is 5.13. The molecule has 3 heteroatoms. The average Bonchev–Trinajstić information content (AvgIpc) is 2.56. The molecule has 0 saturated heterocycles. The van der Waals surface area contributed by atoms with E-state index in [1.807, 2.05) is 19.1 Å². The Hall–Kier alpha value is -2.13. The fraction of sp³-hybridized carbons (Fsp3) is 0.350. The predicted octanol–water partition coefficient (Wildman–Crippen LogP) is 4.75. The van der Waals surface area contributed by atoms with E-state index in [2.05, 4.69) is 13.8 Å².